The molecule has 0 aliphatic rings. The Morgan fingerprint density at radius 2 is 1.91 bits per heavy atom. The third kappa shape index (κ3) is 7.37. The molecule has 1 aromatic rings. The van der Waals surface area contributed by atoms with E-state index in [4.69, 9.17) is 19.5 Å². The number of rotatable bonds is 11. The SMILES string of the molecule is C=CC(=O)OCCCCCCOc1ccc(C#N)cc1OCC. The second-order valence-corrected chi connectivity index (χ2v) is 4.84. The van der Waals surface area contributed by atoms with Crippen molar-refractivity contribution in [1.82, 2.24) is 0 Å². The van der Waals surface area contributed by atoms with Crippen molar-refractivity contribution in [2.75, 3.05) is 19.8 Å². The minimum absolute atomic E-state index is 0.377. The summed E-state index contributed by atoms with van der Waals surface area (Å²) in [6.45, 7) is 6.76. The normalized spacial score (nSPS) is 9.74. The second-order valence-electron chi connectivity index (χ2n) is 4.84. The highest BCUT2D eigenvalue weighted by atomic mass is 16.5. The largest absolute Gasteiger partial charge is 0.490 e. The number of nitrogens with zero attached hydrogens (tertiary/aromatic N) is 1. The first-order chi connectivity index (χ1) is 11.2. The fourth-order valence-corrected chi connectivity index (χ4v) is 1.94. The molecule has 0 unspecified atom stereocenters. The van der Waals surface area contributed by atoms with Crippen LogP contribution in [-0.4, -0.2) is 25.8 Å². The summed E-state index contributed by atoms with van der Waals surface area (Å²) in [5.74, 6) is 0.881. The minimum atomic E-state index is -0.377. The average molecular weight is 317 g/mol. The Kier molecular flexibility index (Phi) is 8.99. The highest BCUT2D eigenvalue weighted by Crippen LogP contribution is 2.28. The van der Waals surface area contributed by atoms with Gasteiger partial charge in [-0.05, 0) is 44.7 Å². The van der Waals surface area contributed by atoms with Crippen LogP contribution in [-0.2, 0) is 9.53 Å². The van der Waals surface area contributed by atoms with Crippen LogP contribution in [0.5, 0.6) is 11.5 Å². The highest BCUT2D eigenvalue weighted by Gasteiger charge is 2.06. The van der Waals surface area contributed by atoms with Crippen molar-refractivity contribution >= 4 is 5.97 Å². The molecule has 5 nitrogen and oxygen atoms in total. The van der Waals surface area contributed by atoms with Gasteiger partial charge in [-0.2, -0.15) is 5.26 Å². The van der Waals surface area contributed by atoms with Crippen LogP contribution in [0.1, 0.15) is 38.2 Å². The van der Waals surface area contributed by atoms with Crippen LogP contribution >= 0.6 is 0 Å². The molecule has 124 valence electrons. The van der Waals surface area contributed by atoms with E-state index in [-0.39, 0.29) is 5.97 Å². The number of benzene rings is 1. The average Bonchev–Trinajstić information content (AvgIpc) is 2.58. The van der Waals surface area contributed by atoms with Crippen LogP contribution in [0.15, 0.2) is 30.9 Å². The van der Waals surface area contributed by atoms with Gasteiger partial charge in [0.2, 0.25) is 0 Å². The third-order valence-corrected chi connectivity index (χ3v) is 3.08. The van der Waals surface area contributed by atoms with Crippen molar-refractivity contribution in [3.05, 3.63) is 36.4 Å². The van der Waals surface area contributed by atoms with Crippen LogP contribution in [0.25, 0.3) is 0 Å². The summed E-state index contributed by atoms with van der Waals surface area (Å²) < 4.78 is 16.1. The van der Waals surface area contributed by atoms with E-state index in [9.17, 15) is 4.79 Å². The molecule has 0 spiro atoms. The molecule has 0 aromatic heterocycles. The van der Waals surface area contributed by atoms with Crippen LogP contribution < -0.4 is 9.47 Å². The molecule has 0 saturated heterocycles. The fraction of sp³-hybridized carbons (Fsp3) is 0.444. The predicted molar refractivity (Wildman–Crippen MR) is 87.4 cm³/mol. The lowest BCUT2D eigenvalue weighted by Gasteiger charge is -2.12. The van der Waals surface area contributed by atoms with E-state index in [0.717, 1.165) is 25.7 Å². The first kappa shape index (κ1) is 18.6. The summed E-state index contributed by atoms with van der Waals surface area (Å²) >= 11 is 0. The molecule has 0 radical (unpaired) electrons. The van der Waals surface area contributed by atoms with Gasteiger partial charge in [0, 0.05) is 12.1 Å². The van der Waals surface area contributed by atoms with Crippen molar-refractivity contribution < 1.29 is 19.0 Å². The van der Waals surface area contributed by atoms with Gasteiger partial charge in [0.1, 0.15) is 0 Å². The first-order valence-corrected chi connectivity index (χ1v) is 7.80. The molecular weight excluding hydrogens is 294 g/mol. The Labute approximate surface area is 137 Å². The lowest BCUT2D eigenvalue weighted by molar-refractivity contribution is -0.137. The first-order valence-electron chi connectivity index (χ1n) is 7.80. The number of hydrogen-bond acceptors (Lipinski definition) is 5. The third-order valence-electron chi connectivity index (χ3n) is 3.08. The van der Waals surface area contributed by atoms with Crippen molar-refractivity contribution in [2.24, 2.45) is 0 Å². The molecule has 0 aliphatic carbocycles. The summed E-state index contributed by atoms with van der Waals surface area (Å²) in [6, 6.07) is 7.25. The Hall–Kier alpha value is -2.48. The van der Waals surface area contributed by atoms with Crippen molar-refractivity contribution in [2.45, 2.75) is 32.6 Å². The van der Waals surface area contributed by atoms with Crippen LogP contribution in [0.4, 0.5) is 0 Å². The molecule has 1 rings (SSSR count). The molecule has 23 heavy (non-hydrogen) atoms. The zero-order chi connectivity index (χ0) is 16.9. The number of hydrogen-bond donors (Lipinski definition) is 0. The van der Waals surface area contributed by atoms with E-state index in [1.165, 1.54) is 6.08 Å². The predicted octanol–water partition coefficient (Wildman–Crippen LogP) is 3.63. The summed E-state index contributed by atoms with van der Waals surface area (Å²) in [5.41, 5.74) is 0.551. The zero-order valence-corrected chi connectivity index (χ0v) is 13.5. The van der Waals surface area contributed by atoms with Crippen molar-refractivity contribution in [3.8, 4) is 17.6 Å². The maximum atomic E-state index is 10.8. The molecule has 0 bridgehead atoms. The Morgan fingerprint density at radius 3 is 2.57 bits per heavy atom. The lowest BCUT2D eigenvalue weighted by atomic mass is 10.2. The van der Waals surface area contributed by atoms with E-state index in [1.54, 1.807) is 18.2 Å². The maximum absolute atomic E-state index is 10.8. The topological polar surface area (TPSA) is 68.5 Å². The summed E-state index contributed by atoms with van der Waals surface area (Å²) in [6.07, 6.45) is 4.87. The van der Waals surface area contributed by atoms with Gasteiger partial charge in [-0.3, -0.25) is 0 Å². The summed E-state index contributed by atoms with van der Waals surface area (Å²) in [4.78, 5) is 10.8. The quantitative estimate of drug-likeness (QED) is 0.354. The number of carbonyl (C=O) groups is 1. The van der Waals surface area contributed by atoms with Gasteiger partial charge in [-0.15, -0.1) is 0 Å². The molecule has 5 heteroatoms. The standard InChI is InChI=1S/C18H23NO4/c1-3-18(20)23-12-8-6-5-7-11-22-16-10-9-15(14-19)13-17(16)21-4-2/h3,9-10,13H,1,4-8,11-12H2,2H3. The molecule has 0 atom stereocenters. The molecular formula is C18H23NO4. The van der Waals surface area contributed by atoms with E-state index in [1.807, 2.05) is 6.92 Å². The van der Waals surface area contributed by atoms with E-state index >= 15 is 0 Å². The van der Waals surface area contributed by atoms with Gasteiger partial charge in [0.25, 0.3) is 0 Å². The Bertz CT molecular complexity index is 548. The highest BCUT2D eigenvalue weighted by molar-refractivity contribution is 5.81. The summed E-state index contributed by atoms with van der Waals surface area (Å²) in [7, 11) is 0. The number of nitriles is 1. The molecule has 0 amide bonds. The maximum Gasteiger partial charge on any atom is 0.330 e. The minimum Gasteiger partial charge on any atom is -0.490 e. The van der Waals surface area contributed by atoms with Crippen LogP contribution in [0.3, 0.4) is 0 Å². The molecule has 0 heterocycles. The Morgan fingerprint density at radius 1 is 1.17 bits per heavy atom. The van der Waals surface area contributed by atoms with Crippen LogP contribution in [0, 0.1) is 11.3 Å². The molecule has 0 fully saturated rings. The molecule has 1 aromatic carbocycles. The number of unbranched alkanes of at least 4 members (excludes halogenated alkanes) is 3. The second kappa shape index (κ2) is 11.1. The Balaban J connectivity index is 2.24. The van der Waals surface area contributed by atoms with Crippen molar-refractivity contribution in [3.63, 3.8) is 0 Å². The zero-order valence-electron chi connectivity index (χ0n) is 13.5. The molecule has 0 N–H and O–H groups in total. The molecule has 0 saturated carbocycles. The van der Waals surface area contributed by atoms with E-state index < -0.39 is 0 Å². The van der Waals surface area contributed by atoms with Gasteiger partial charge < -0.3 is 14.2 Å². The van der Waals surface area contributed by atoms with Gasteiger partial charge >= 0.3 is 5.97 Å². The van der Waals surface area contributed by atoms with Gasteiger partial charge in [-0.1, -0.05) is 6.58 Å². The van der Waals surface area contributed by atoms with E-state index in [0.29, 0.717) is 36.9 Å². The lowest BCUT2D eigenvalue weighted by Crippen LogP contribution is -2.03. The molecule has 0 aliphatic heterocycles. The summed E-state index contributed by atoms with van der Waals surface area (Å²) in [5, 5.41) is 8.91. The van der Waals surface area contributed by atoms with Gasteiger partial charge in [0.05, 0.1) is 31.5 Å². The van der Waals surface area contributed by atoms with Crippen LogP contribution in [0.2, 0.25) is 0 Å². The van der Waals surface area contributed by atoms with Gasteiger partial charge in [0.15, 0.2) is 11.5 Å². The smallest absolute Gasteiger partial charge is 0.330 e. The van der Waals surface area contributed by atoms with E-state index in [2.05, 4.69) is 12.6 Å². The van der Waals surface area contributed by atoms with Crippen molar-refractivity contribution in [1.29, 1.82) is 5.26 Å². The number of ether oxygens (including phenoxy) is 3. The number of carbonyl (C=O) groups excluding carboxylic acids is 1. The fourth-order valence-electron chi connectivity index (χ4n) is 1.94. The monoisotopic (exact) mass is 317 g/mol. The number of esters is 1. The van der Waals surface area contributed by atoms with Gasteiger partial charge in [-0.25, -0.2) is 4.79 Å².